The number of hydrogen-bond acceptors (Lipinski definition) is 3. The van der Waals surface area contributed by atoms with Gasteiger partial charge < -0.3 is 10.2 Å². The average molecular weight is 267 g/mol. The number of hydrogen-bond donors (Lipinski definition) is 2. The van der Waals surface area contributed by atoms with Crippen molar-refractivity contribution in [1.82, 2.24) is 4.90 Å². The molecule has 1 heterocycles. The van der Waals surface area contributed by atoms with E-state index in [1.165, 1.54) is 44.9 Å². The summed E-state index contributed by atoms with van der Waals surface area (Å²) in [5.41, 5.74) is 0. The second-order valence-electron chi connectivity index (χ2n) is 6.88. The summed E-state index contributed by atoms with van der Waals surface area (Å²) in [6, 6.07) is 0.899. The van der Waals surface area contributed by atoms with Gasteiger partial charge in [0, 0.05) is 18.0 Å². The fourth-order valence-corrected chi connectivity index (χ4v) is 4.75. The van der Waals surface area contributed by atoms with Crippen LogP contribution in [0.3, 0.4) is 0 Å². The molecule has 0 aromatic rings. The third-order valence-electron chi connectivity index (χ3n) is 5.74. The maximum atomic E-state index is 10.3. The molecule has 110 valence electrons. The Balaban J connectivity index is 1.72. The molecule has 3 aliphatic rings. The van der Waals surface area contributed by atoms with E-state index in [2.05, 4.69) is 4.90 Å². The first-order chi connectivity index (χ1) is 9.27. The van der Waals surface area contributed by atoms with E-state index >= 15 is 0 Å². The van der Waals surface area contributed by atoms with Crippen LogP contribution in [0.5, 0.6) is 0 Å². The van der Waals surface area contributed by atoms with Crippen LogP contribution in [-0.4, -0.2) is 45.9 Å². The van der Waals surface area contributed by atoms with Crippen molar-refractivity contribution in [3.05, 3.63) is 0 Å². The summed E-state index contributed by atoms with van der Waals surface area (Å²) in [6.45, 7) is 1.13. The van der Waals surface area contributed by atoms with Gasteiger partial charge in [-0.3, -0.25) is 4.90 Å². The molecule has 3 heteroatoms. The van der Waals surface area contributed by atoms with Crippen LogP contribution in [0.4, 0.5) is 0 Å². The molecule has 3 fully saturated rings. The second-order valence-corrected chi connectivity index (χ2v) is 6.88. The first-order valence-corrected chi connectivity index (χ1v) is 8.39. The molecule has 2 saturated carbocycles. The van der Waals surface area contributed by atoms with Gasteiger partial charge in [-0.25, -0.2) is 0 Å². The Morgan fingerprint density at radius 1 is 0.632 bits per heavy atom. The lowest BCUT2D eigenvalue weighted by Crippen LogP contribution is -2.55. The minimum Gasteiger partial charge on any atom is -0.393 e. The largest absolute Gasteiger partial charge is 0.393 e. The third-order valence-corrected chi connectivity index (χ3v) is 5.74. The third kappa shape index (κ3) is 2.84. The van der Waals surface area contributed by atoms with Gasteiger partial charge in [0.25, 0.3) is 0 Å². The van der Waals surface area contributed by atoms with Crippen molar-refractivity contribution in [3.8, 4) is 0 Å². The summed E-state index contributed by atoms with van der Waals surface area (Å²) in [4.78, 5) is 2.59. The van der Waals surface area contributed by atoms with Gasteiger partial charge in [0.2, 0.25) is 0 Å². The van der Waals surface area contributed by atoms with Crippen LogP contribution >= 0.6 is 0 Å². The summed E-state index contributed by atoms with van der Waals surface area (Å²) >= 11 is 0. The zero-order valence-corrected chi connectivity index (χ0v) is 12.0. The molecule has 19 heavy (non-hydrogen) atoms. The highest BCUT2D eigenvalue weighted by Gasteiger charge is 2.41. The Morgan fingerprint density at radius 2 is 1.32 bits per heavy atom. The maximum absolute atomic E-state index is 10.3. The Hall–Kier alpha value is -0.120. The highest BCUT2D eigenvalue weighted by atomic mass is 16.3. The summed E-state index contributed by atoms with van der Waals surface area (Å²) in [5, 5.41) is 20.6. The van der Waals surface area contributed by atoms with Gasteiger partial charge in [-0.2, -0.15) is 0 Å². The van der Waals surface area contributed by atoms with Crippen LogP contribution in [0.2, 0.25) is 0 Å². The first kappa shape index (κ1) is 13.8. The maximum Gasteiger partial charge on any atom is 0.0695 e. The molecule has 0 spiro atoms. The van der Waals surface area contributed by atoms with Crippen molar-refractivity contribution < 1.29 is 10.2 Å². The van der Waals surface area contributed by atoms with E-state index in [1.54, 1.807) is 0 Å². The lowest BCUT2D eigenvalue weighted by molar-refractivity contribution is -0.0455. The molecule has 3 rings (SSSR count). The van der Waals surface area contributed by atoms with Crippen LogP contribution in [0.1, 0.15) is 64.2 Å². The van der Waals surface area contributed by atoms with E-state index < -0.39 is 0 Å². The molecule has 2 aliphatic carbocycles. The number of likely N-dealkylation sites (tertiary alicyclic amines) is 1. The Kier molecular flexibility index (Phi) is 4.45. The van der Waals surface area contributed by atoms with Crippen LogP contribution < -0.4 is 0 Å². The van der Waals surface area contributed by atoms with Crippen LogP contribution in [0.15, 0.2) is 0 Å². The molecule has 0 amide bonds. The van der Waals surface area contributed by atoms with E-state index in [9.17, 15) is 10.2 Å². The van der Waals surface area contributed by atoms with Crippen molar-refractivity contribution in [1.29, 1.82) is 0 Å². The fourth-order valence-electron chi connectivity index (χ4n) is 4.75. The molecule has 5 atom stereocenters. The lowest BCUT2D eigenvalue weighted by atomic mass is 9.83. The van der Waals surface area contributed by atoms with Gasteiger partial charge in [0.15, 0.2) is 0 Å². The molecule has 2 N–H and O–H groups in total. The quantitative estimate of drug-likeness (QED) is 0.807. The van der Waals surface area contributed by atoms with Gasteiger partial charge in [-0.15, -0.1) is 0 Å². The van der Waals surface area contributed by atoms with Gasteiger partial charge >= 0.3 is 0 Å². The van der Waals surface area contributed by atoms with Crippen molar-refractivity contribution in [2.45, 2.75) is 88.5 Å². The van der Waals surface area contributed by atoms with Gasteiger partial charge in [0.05, 0.1) is 12.2 Å². The van der Waals surface area contributed by atoms with Crippen LogP contribution in [0.25, 0.3) is 0 Å². The van der Waals surface area contributed by atoms with Crippen molar-refractivity contribution in [2.24, 2.45) is 5.92 Å². The molecule has 0 aromatic carbocycles. The molecular weight excluding hydrogens is 238 g/mol. The zero-order chi connectivity index (χ0) is 13.2. The monoisotopic (exact) mass is 267 g/mol. The molecular formula is C16H29NO2. The molecule has 3 nitrogen and oxygen atoms in total. The van der Waals surface area contributed by atoms with Gasteiger partial charge in [-0.1, -0.05) is 25.7 Å². The van der Waals surface area contributed by atoms with Crippen LogP contribution in [-0.2, 0) is 0 Å². The normalized spacial score (nSPS) is 45.5. The summed E-state index contributed by atoms with van der Waals surface area (Å²) in [5.74, 6) is 0.467. The molecule has 5 unspecified atom stereocenters. The molecule has 1 aliphatic heterocycles. The molecule has 0 bridgehead atoms. The number of piperidine rings is 1. The highest BCUT2D eigenvalue weighted by molar-refractivity contribution is 4.95. The second kappa shape index (κ2) is 6.11. The van der Waals surface area contributed by atoms with Crippen molar-refractivity contribution >= 4 is 0 Å². The van der Waals surface area contributed by atoms with E-state index in [1.807, 2.05) is 0 Å². The topological polar surface area (TPSA) is 43.7 Å². The highest BCUT2D eigenvalue weighted by Crippen LogP contribution is 2.38. The SMILES string of the molecule is OC1CCCC1C1CCCCN1C1CCCCC1O. The van der Waals surface area contributed by atoms with E-state index in [4.69, 9.17) is 0 Å². The first-order valence-electron chi connectivity index (χ1n) is 8.39. The summed E-state index contributed by atoms with van der Waals surface area (Å²) in [7, 11) is 0. The molecule has 0 aromatic heterocycles. The number of rotatable bonds is 2. The predicted octanol–water partition coefficient (Wildman–Crippen LogP) is 2.31. The number of aliphatic hydroxyl groups excluding tert-OH is 2. The van der Waals surface area contributed by atoms with Crippen LogP contribution in [0, 0.1) is 5.92 Å². The summed E-state index contributed by atoms with van der Waals surface area (Å²) < 4.78 is 0. The minimum absolute atomic E-state index is 0.0914. The molecule has 0 radical (unpaired) electrons. The Bertz CT molecular complexity index is 296. The Labute approximate surface area is 117 Å². The predicted molar refractivity (Wildman–Crippen MR) is 76.0 cm³/mol. The standard InChI is InChI=1S/C16H29NO2/c18-15-10-5-6-12(15)13-7-3-4-11-17(13)14-8-1-2-9-16(14)19/h12-16,18-19H,1-11H2. The Morgan fingerprint density at radius 3 is 2.05 bits per heavy atom. The summed E-state index contributed by atoms with van der Waals surface area (Å²) in [6.07, 6.45) is 11.5. The van der Waals surface area contributed by atoms with Gasteiger partial charge in [-0.05, 0) is 45.1 Å². The van der Waals surface area contributed by atoms with E-state index in [0.717, 1.165) is 25.8 Å². The van der Waals surface area contributed by atoms with Crippen molar-refractivity contribution in [3.63, 3.8) is 0 Å². The zero-order valence-electron chi connectivity index (χ0n) is 12.0. The van der Waals surface area contributed by atoms with E-state index in [-0.39, 0.29) is 12.2 Å². The van der Waals surface area contributed by atoms with Crippen molar-refractivity contribution in [2.75, 3.05) is 6.54 Å². The lowest BCUT2D eigenvalue weighted by Gasteiger charge is -2.47. The number of nitrogens with zero attached hydrogens (tertiary/aromatic N) is 1. The van der Waals surface area contributed by atoms with Gasteiger partial charge in [0.1, 0.15) is 0 Å². The van der Waals surface area contributed by atoms with E-state index in [0.29, 0.717) is 18.0 Å². The number of aliphatic hydroxyl groups is 2. The smallest absolute Gasteiger partial charge is 0.0695 e. The average Bonchev–Trinajstić information content (AvgIpc) is 2.86. The minimum atomic E-state index is -0.132. The fraction of sp³-hybridized carbons (Fsp3) is 1.00. The molecule has 1 saturated heterocycles.